The fourth-order valence-electron chi connectivity index (χ4n) is 2.29. The van der Waals surface area contributed by atoms with Crippen molar-refractivity contribution in [2.75, 3.05) is 25.6 Å². The second-order valence-electron chi connectivity index (χ2n) is 5.93. The standard InChI is InChI=1S/C20H20ClNO6/c1-12-4-5-14(20(25)26-3)9-16(12)22-18(23)10-28-19(24)11-27-17-7-6-15(21)8-13(17)2/h4-9H,10-11H2,1-3H3,(H,22,23). The Morgan fingerprint density at radius 2 is 1.75 bits per heavy atom. The van der Waals surface area contributed by atoms with Crippen LogP contribution in [0.2, 0.25) is 5.02 Å². The minimum absolute atomic E-state index is 0.298. The number of amides is 1. The Morgan fingerprint density at radius 1 is 1.00 bits per heavy atom. The van der Waals surface area contributed by atoms with Gasteiger partial charge in [-0.2, -0.15) is 0 Å². The first-order valence-corrected chi connectivity index (χ1v) is 8.71. The molecule has 0 aliphatic carbocycles. The van der Waals surface area contributed by atoms with E-state index in [9.17, 15) is 14.4 Å². The Labute approximate surface area is 167 Å². The molecule has 0 aliphatic rings. The van der Waals surface area contributed by atoms with Crippen LogP contribution in [0.3, 0.4) is 0 Å². The van der Waals surface area contributed by atoms with Crippen LogP contribution in [0.5, 0.6) is 5.75 Å². The summed E-state index contributed by atoms with van der Waals surface area (Å²) in [7, 11) is 1.27. The van der Waals surface area contributed by atoms with E-state index < -0.39 is 24.5 Å². The van der Waals surface area contributed by atoms with Gasteiger partial charge < -0.3 is 19.5 Å². The van der Waals surface area contributed by atoms with E-state index in [1.807, 2.05) is 0 Å². The highest BCUT2D eigenvalue weighted by atomic mass is 35.5. The molecule has 0 aliphatic heterocycles. The van der Waals surface area contributed by atoms with Crippen molar-refractivity contribution < 1.29 is 28.6 Å². The smallest absolute Gasteiger partial charge is 0.344 e. The first-order valence-electron chi connectivity index (χ1n) is 8.33. The number of hydrogen-bond acceptors (Lipinski definition) is 6. The van der Waals surface area contributed by atoms with Crippen molar-refractivity contribution in [1.82, 2.24) is 0 Å². The SMILES string of the molecule is COC(=O)c1ccc(C)c(NC(=O)COC(=O)COc2ccc(Cl)cc2C)c1. The quantitative estimate of drug-likeness (QED) is 0.711. The zero-order valence-corrected chi connectivity index (χ0v) is 16.5. The maximum Gasteiger partial charge on any atom is 0.344 e. The lowest BCUT2D eigenvalue weighted by Crippen LogP contribution is -2.24. The minimum Gasteiger partial charge on any atom is -0.482 e. The van der Waals surface area contributed by atoms with Gasteiger partial charge in [-0.15, -0.1) is 0 Å². The van der Waals surface area contributed by atoms with Crippen molar-refractivity contribution in [3.05, 3.63) is 58.1 Å². The molecule has 8 heteroatoms. The van der Waals surface area contributed by atoms with Gasteiger partial charge in [-0.1, -0.05) is 17.7 Å². The summed E-state index contributed by atoms with van der Waals surface area (Å²) in [6.45, 7) is 2.74. The van der Waals surface area contributed by atoms with E-state index >= 15 is 0 Å². The molecule has 0 fully saturated rings. The summed E-state index contributed by atoms with van der Waals surface area (Å²) >= 11 is 5.86. The van der Waals surface area contributed by atoms with E-state index in [-0.39, 0.29) is 6.61 Å². The molecular weight excluding hydrogens is 386 g/mol. The molecule has 0 bridgehead atoms. The fraction of sp³-hybridized carbons (Fsp3) is 0.250. The Hall–Kier alpha value is -3.06. The van der Waals surface area contributed by atoms with Gasteiger partial charge >= 0.3 is 11.9 Å². The van der Waals surface area contributed by atoms with Crippen LogP contribution in [-0.4, -0.2) is 38.2 Å². The van der Waals surface area contributed by atoms with Gasteiger partial charge in [-0.25, -0.2) is 9.59 Å². The summed E-state index contributed by atoms with van der Waals surface area (Å²) in [5, 5.41) is 3.16. The normalized spacial score (nSPS) is 10.1. The van der Waals surface area contributed by atoms with E-state index in [0.29, 0.717) is 22.0 Å². The first kappa shape index (κ1) is 21.2. The summed E-state index contributed by atoms with van der Waals surface area (Å²) in [6.07, 6.45) is 0. The highest BCUT2D eigenvalue weighted by Crippen LogP contribution is 2.21. The van der Waals surface area contributed by atoms with Crippen molar-refractivity contribution in [2.24, 2.45) is 0 Å². The lowest BCUT2D eigenvalue weighted by Gasteiger charge is -2.11. The van der Waals surface area contributed by atoms with Gasteiger partial charge in [0, 0.05) is 10.7 Å². The highest BCUT2D eigenvalue weighted by molar-refractivity contribution is 6.30. The zero-order valence-electron chi connectivity index (χ0n) is 15.7. The average Bonchev–Trinajstić information content (AvgIpc) is 2.66. The zero-order chi connectivity index (χ0) is 20.7. The first-order chi connectivity index (χ1) is 13.3. The number of methoxy groups -OCH3 is 1. The average molecular weight is 406 g/mol. The molecule has 0 unspecified atom stereocenters. The number of ether oxygens (including phenoxy) is 3. The van der Waals surface area contributed by atoms with Gasteiger partial charge in [0.1, 0.15) is 5.75 Å². The van der Waals surface area contributed by atoms with Crippen molar-refractivity contribution in [1.29, 1.82) is 0 Å². The van der Waals surface area contributed by atoms with Crippen LogP contribution < -0.4 is 10.1 Å². The van der Waals surface area contributed by atoms with Crippen molar-refractivity contribution >= 4 is 35.1 Å². The number of carbonyl (C=O) groups is 3. The molecule has 0 radical (unpaired) electrons. The number of esters is 2. The van der Waals surface area contributed by atoms with Crippen molar-refractivity contribution in [2.45, 2.75) is 13.8 Å². The van der Waals surface area contributed by atoms with E-state index in [1.54, 1.807) is 44.2 Å². The minimum atomic E-state index is -0.690. The largest absolute Gasteiger partial charge is 0.482 e. The number of halogens is 1. The van der Waals surface area contributed by atoms with Gasteiger partial charge in [0.05, 0.1) is 12.7 Å². The summed E-state index contributed by atoms with van der Waals surface area (Å²) in [4.78, 5) is 35.4. The second-order valence-corrected chi connectivity index (χ2v) is 6.37. The van der Waals surface area contributed by atoms with Crippen LogP contribution in [0.4, 0.5) is 5.69 Å². The molecule has 2 aromatic rings. The predicted octanol–water partition coefficient (Wildman–Crippen LogP) is 3.30. The van der Waals surface area contributed by atoms with Crippen molar-refractivity contribution in [3.63, 3.8) is 0 Å². The number of carbonyl (C=O) groups excluding carboxylic acids is 3. The monoisotopic (exact) mass is 405 g/mol. The Balaban J connectivity index is 1.85. The molecule has 7 nitrogen and oxygen atoms in total. The van der Waals surface area contributed by atoms with Gasteiger partial charge in [-0.05, 0) is 55.3 Å². The molecule has 2 aromatic carbocycles. The second kappa shape index (κ2) is 9.75. The summed E-state index contributed by atoms with van der Waals surface area (Å²) < 4.78 is 14.9. The molecule has 0 heterocycles. The summed E-state index contributed by atoms with van der Waals surface area (Å²) in [5.74, 6) is -1.25. The Morgan fingerprint density at radius 3 is 2.43 bits per heavy atom. The lowest BCUT2D eigenvalue weighted by molar-refractivity contribution is -0.149. The number of aryl methyl sites for hydroxylation is 2. The molecule has 1 N–H and O–H groups in total. The molecule has 0 spiro atoms. The third kappa shape index (κ3) is 5.99. The molecule has 0 aromatic heterocycles. The summed E-state index contributed by atoms with van der Waals surface area (Å²) in [6, 6.07) is 9.76. The van der Waals surface area contributed by atoms with Gasteiger partial charge in [0.15, 0.2) is 13.2 Å². The summed E-state index contributed by atoms with van der Waals surface area (Å²) in [5.41, 5.74) is 2.25. The van der Waals surface area contributed by atoms with Crippen LogP contribution >= 0.6 is 11.6 Å². The van der Waals surface area contributed by atoms with Crippen LogP contribution in [0.25, 0.3) is 0 Å². The number of hydrogen-bond donors (Lipinski definition) is 1. The van der Waals surface area contributed by atoms with Crippen molar-refractivity contribution in [3.8, 4) is 5.75 Å². The maximum absolute atomic E-state index is 12.0. The van der Waals surface area contributed by atoms with Gasteiger partial charge in [0.25, 0.3) is 5.91 Å². The van der Waals surface area contributed by atoms with Gasteiger partial charge in [0.2, 0.25) is 0 Å². The van der Waals surface area contributed by atoms with E-state index in [4.69, 9.17) is 21.1 Å². The molecule has 0 saturated carbocycles. The molecule has 1 amide bonds. The van der Waals surface area contributed by atoms with Crippen LogP contribution in [-0.2, 0) is 19.1 Å². The van der Waals surface area contributed by atoms with E-state index in [2.05, 4.69) is 10.1 Å². The van der Waals surface area contributed by atoms with Gasteiger partial charge in [-0.3, -0.25) is 4.79 Å². The molecule has 148 valence electrons. The predicted molar refractivity (Wildman–Crippen MR) is 104 cm³/mol. The van der Waals surface area contributed by atoms with Crippen LogP contribution in [0, 0.1) is 13.8 Å². The molecule has 2 rings (SSSR count). The Kier molecular flexibility index (Phi) is 7.40. The molecule has 0 atom stereocenters. The maximum atomic E-state index is 12.0. The number of nitrogens with one attached hydrogen (secondary N) is 1. The van der Waals surface area contributed by atoms with E-state index in [0.717, 1.165) is 11.1 Å². The number of anilines is 1. The van der Waals surface area contributed by atoms with E-state index in [1.165, 1.54) is 13.2 Å². The lowest BCUT2D eigenvalue weighted by atomic mass is 10.1. The Bertz CT molecular complexity index is 896. The fourth-order valence-corrected chi connectivity index (χ4v) is 2.51. The highest BCUT2D eigenvalue weighted by Gasteiger charge is 2.13. The van der Waals surface area contributed by atoms with Crippen LogP contribution in [0.1, 0.15) is 21.5 Å². The number of rotatable bonds is 7. The third-order valence-electron chi connectivity index (χ3n) is 3.78. The molecule has 28 heavy (non-hydrogen) atoms. The molecular formula is C20H20ClNO6. The number of benzene rings is 2. The third-order valence-corrected chi connectivity index (χ3v) is 4.01. The van der Waals surface area contributed by atoms with Crippen LogP contribution in [0.15, 0.2) is 36.4 Å². The topological polar surface area (TPSA) is 90.9 Å². The molecule has 0 saturated heterocycles.